The molecule has 0 bridgehead atoms. The van der Waals surface area contributed by atoms with E-state index in [0.29, 0.717) is 34.1 Å². The van der Waals surface area contributed by atoms with Gasteiger partial charge in [-0.3, -0.25) is 4.57 Å². The first kappa shape index (κ1) is 22.7. The van der Waals surface area contributed by atoms with Crippen molar-refractivity contribution in [3.8, 4) is 34.1 Å². The summed E-state index contributed by atoms with van der Waals surface area (Å²) >= 11 is 2.05. The number of H-pyrrole nitrogens is 2. The van der Waals surface area contributed by atoms with Crippen LogP contribution in [-0.2, 0) is 0 Å². The third-order valence-electron chi connectivity index (χ3n) is 5.85. The molecule has 1 atom stereocenters. The van der Waals surface area contributed by atoms with Crippen molar-refractivity contribution in [2.45, 2.75) is 18.9 Å². The monoisotopic (exact) mass is 576 g/mol. The van der Waals surface area contributed by atoms with Gasteiger partial charge in [0.2, 0.25) is 5.88 Å². The van der Waals surface area contributed by atoms with E-state index in [1.54, 1.807) is 36.5 Å². The number of benzene rings is 2. The lowest BCUT2D eigenvalue weighted by atomic mass is 10.1. The molecule has 0 aliphatic heterocycles. The Morgan fingerprint density at radius 1 is 1.21 bits per heavy atom. The number of nitrogens with one attached hydrogen (secondary N) is 2. The van der Waals surface area contributed by atoms with Crippen molar-refractivity contribution in [2.24, 2.45) is 5.92 Å². The van der Waals surface area contributed by atoms with Gasteiger partial charge in [-0.15, -0.1) is 0 Å². The van der Waals surface area contributed by atoms with Crippen molar-refractivity contribution in [1.82, 2.24) is 19.5 Å². The molecule has 2 heterocycles. The van der Waals surface area contributed by atoms with Gasteiger partial charge < -0.3 is 24.9 Å². The van der Waals surface area contributed by atoms with Crippen molar-refractivity contribution >= 4 is 22.6 Å². The van der Waals surface area contributed by atoms with Crippen LogP contribution in [0.2, 0.25) is 0 Å². The maximum Gasteiger partial charge on any atom is 0.329 e. The van der Waals surface area contributed by atoms with E-state index in [2.05, 4.69) is 37.5 Å². The van der Waals surface area contributed by atoms with Crippen molar-refractivity contribution < 1.29 is 19.3 Å². The Morgan fingerprint density at radius 3 is 2.65 bits per heavy atom. The number of imidazole rings is 2. The lowest BCUT2D eigenvalue weighted by Gasteiger charge is -2.16. The molecule has 0 spiro atoms. The molecule has 4 N–H and O–H groups in total. The second kappa shape index (κ2) is 9.26. The number of aliphatic hydroxyl groups is 1. The Morgan fingerprint density at radius 2 is 1.97 bits per heavy atom. The molecular weight excluding hydrogens is 554 g/mol. The molecule has 0 amide bonds. The standard InChI is InChI=1S/C24H22FIN4O4/c25-18-11-15(26)5-8-17(18)19-12-27-22(28-19)21(14-1-2-14)30-23(32)20(29-24(30)33)13-3-6-16(7-4-13)34-10-9-31/h3-8,11-12,14,21,31-32H,1-2,9-10H2,(H,27,28)(H,29,33)/t21-/m0/s1. The Kier molecular flexibility index (Phi) is 6.17. The molecule has 0 unspecified atom stereocenters. The van der Waals surface area contributed by atoms with Gasteiger partial charge in [0.15, 0.2) is 0 Å². The zero-order valence-corrected chi connectivity index (χ0v) is 20.1. The average molecular weight is 576 g/mol. The van der Waals surface area contributed by atoms with Crippen LogP contribution in [0.15, 0.2) is 53.5 Å². The quantitative estimate of drug-likeness (QED) is 0.236. The number of aromatic hydroxyl groups is 1. The molecule has 2 aromatic carbocycles. The van der Waals surface area contributed by atoms with Crippen molar-refractivity contribution in [2.75, 3.05) is 13.2 Å². The normalized spacial score (nSPS) is 14.3. The maximum absolute atomic E-state index is 14.5. The summed E-state index contributed by atoms with van der Waals surface area (Å²) in [4.78, 5) is 23.3. The van der Waals surface area contributed by atoms with Crippen LogP contribution >= 0.6 is 22.6 Å². The van der Waals surface area contributed by atoms with Crippen molar-refractivity contribution in [3.63, 3.8) is 0 Å². The number of hydrogen-bond acceptors (Lipinski definition) is 5. The number of aromatic nitrogens is 4. The lowest BCUT2D eigenvalue weighted by molar-refractivity contribution is 0.201. The van der Waals surface area contributed by atoms with Crippen LogP contribution in [0, 0.1) is 15.3 Å². The van der Waals surface area contributed by atoms with E-state index in [1.165, 1.54) is 10.6 Å². The number of ether oxygens (including phenoxy) is 1. The lowest BCUT2D eigenvalue weighted by Crippen LogP contribution is -2.25. The minimum atomic E-state index is -0.509. The minimum absolute atomic E-state index is 0.0913. The summed E-state index contributed by atoms with van der Waals surface area (Å²) in [5.41, 5.74) is 1.35. The number of aromatic amines is 2. The van der Waals surface area contributed by atoms with E-state index >= 15 is 0 Å². The van der Waals surface area contributed by atoms with E-state index in [1.807, 2.05) is 6.07 Å². The minimum Gasteiger partial charge on any atom is -0.493 e. The van der Waals surface area contributed by atoms with E-state index in [4.69, 9.17) is 9.84 Å². The van der Waals surface area contributed by atoms with Crippen LogP contribution in [0.25, 0.3) is 22.5 Å². The molecule has 10 heteroatoms. The van der Waals surface area contributed by atoms with Crippen LogP contribution in [0.4, 0.5) is 4.39 Å². The summed E-state index contributed by atoms with van der Waals surface area (Å²) in [5.74, 6) is 0.638. The number of rotatable bonds is 8. The summed E-state index contributed by atoms with van der Waals surface area (Å²) in [6.45, 7) is 0.0874. The van der Waals surface area contributed by atoms with Gasteiger partial charge in [-0.05, 0) is 83.8 Å². The highest BCUT2D eigenvalue weighted by atomic mass is 127. The van der Waals surface area contributed by atoms with Gasteiger partial charge >= 0.3 is 5.69 Å². The Bertz CT molecular complexity index is 1370. The van der Waals surface area contributed by atoms with Gasteiger partial charge in [0, 0.05) is 14.7 Å². The van der Waals surface area contributed by atoms with Gasteiger partial charge in [-0.25, -0.2) is 14.2 Å². The van der Waals surface area contributed by atoms with E-state index in [0.717, 1.165) is 16.4 Å². The third-order valence-corrected chi connectivity index (χ3v) is 6.52. The van der Waals surface area contributed by atoms with Gasteiger partial charge in [0.1, 0.15) is 35.7 Å². The molecule has 176 valence electrons. The molecule has 1 saturated carbocycles. The van der Waals surface area contributed by atoms with Crippen LogP contribution in [0.1, 0.15) is 24.7 Å². The zero-order chi connectivity index (χ0) is 23.8. The van der Waals surface area contributed by atoms with E-state index in [9.17, 15) is 14.3 Å². The van der Waals surface area contributed by atoms with Gasteiger partial charge in [0.05, 0.1) is 18.5 Å². The number of nitrogens with zero attached hydrogens (tertiary/aromatic N) is 2. The van der Waals surface area contributed by atoms with Crippen LogP contribution in [-0.4, -0.2) is 42.9 Å². The Hall–Kier alpha value is -3.12. The summed E-state index contributed by atoms with van der Waals surface area (Å²) in [7, 11) is 0. The van der Waals surface area contributed by atoms with Crippen LogP contribution in [0.3, 0.4) is 0 Å². The molecule has 5 rings (SSSR count). The van der Waals surface area contributed by atoms with E-state index in [-0.39, 0.29) is 30.8 Å². The Labute approximate surface area is 207 Å². The Balaban J connectivity index is 1.49. The average Bonchev–Trinajstić information content (AvgIpc) is 3.48. The third kappa shape index (κ3) is 4.34. The molecule has 2 aromatic heterocycles. The van der Waals surface area contributed by atoms with Gasteiger partial charge in [-0.2, -0.15) is 0 Å². The van der Waals surface area contributed by atoms with Crippen molar-refractivity contribution in [3.05, 3.63) is 74.4 Å². The molecule has 0 saturated heterocycles. The summed E-state index contributed by atoms with van der Waals surface area (Å²) in [6.07, 6.45) is 3.33. The van der Waals surface area contributed by atoms with Crippen molar-refractivity contribution in [1.29, 1.82) is 0 Å². The summed E-state index contributed by atoms with van der Waals surface area (Å²) in [6, 6.07) is 11.3. The highest BCUT2D eigenvalue weighted by molar-refractivity contribution is 14.1. The number of halogens is 2. The second-order valence-electron chi connectivity index (χ2n) is 8.18. The maximum atomic E-state index is 14.5. The van der Waals surface area contributed by atoms with Gasteiger partial charge in [-0.1, -0.05) is 0 Å². The molecular formula is C24H22FIN4O4. The predicted octanol–water partition coefficient (Wildman–Crippen LogP) is 4.05. The number of aliphatic hydroxyl groups excluding tert-OH is 1. The summed E-state index contributed by atoms with van der Waals surface area (Å²) in [5, 5.41) is 19.9. The largest absolute Gasteiger partial charge is 0.493 e. The zero-order valence-electron chi connectivity index (χ0n) is 18.0. The summed E-state index contributed by atoms with van der Waals surface area (Å²) < 4.78 is 22.0. The van der Waals surface area contributed by atoms with Crippen LogP contribution in [0.5, 0.6) is 11.6 Å². The first-order valence-electron chi connectivity index (χ1n) is 10.8. The highest BCUT2D eigenvalue weighted by Crippen LogP contribution is 2.45. The fourth-order valence-electron chi connectivity index (χ4n) is 4.08. The molecule has 1 aliphatic rings. The molecule has 8 nitrogen and oxygen atoms in total. The predicted molar refractivity (Wildman–Crippen MR) is 132 cm³/mol. The second-order valence-corrected chi connectivity index (χ2v) is 9.43. The molecule has 1 fully saturated rings. The molecule has 34 heavy (non-hydrogen) atoms. The van der Waals surface area contributed by atoms with Gasteiger partial charge in [0.25, 0.3) is 0 Å². The fraction of sp³-hybridized carbons (Fsp3) is 0.250. The highest BCUT2D eigenvalue weighted by Gasteiger charge is 2.38. The molecule has 4 aromatic rings. The molecule has 1 aliphatic carbocycles. The van der Waals surface area contributed by atoms with E-state index < -0.39 is 11.7 Å². The fourth-order valence-corrected chi connectivity index (χ4v) is 4.53. The molecule has 0 radical (unpaired) electrons. The first-order valence-corrected chi connectivity index (χ1v) is 11.9. The first-order chi connectivity index (χ1) is 16.5. The smallest absolute Gasteiger partial charge is 0.329 e. The van der Waals surface area contributed by atoms with Crippen LogP contribution < -0.4 is 10.4 Å². The SMILES string of the molecule is O=c1[nH]c(-c2ccc(OCCO)cc2)c(O)n1[C@H](c1ncc(-c2ccc(I)cc2F)[nH]1)C1CC1. The topological polar surface area (TPSA) is 116 Å². The number of hydrogen-bond donors (Lipinski definition) is 4.